The molecule has 18 heteroatoms. The number of allylic oxidation sites excluding steroid dienone is 1. The summed E-state index contributed by atoms with van der Waals surface area (Å²) in [6.45, 7) is 2.98. The van der Waals surface area contributed by atoms with E-state index >= 15 is 0 Å². The number of hydrogen-bond acceptors (Lipinski definition) is 15. The summed E-state index contributed by atoms with van der Waals surface area (Å²) in [4.78, 5) is 31.8. The number of carboxylic acid groups (broad SMARTS) is 1. The maximum atomic E-state index is 13.7. The van der Waals surface area contributed by atoms with E-state index in [4.69, 9.17) is 29.8 Å². The minimum Gasteiger partial charge on any atom is -0.478 e. The first kappa shape index (κ1) is 40.9. The van der Waals surface area contributed by atoms with Gasteiger partial charge in [0.1, 0.15) is 18.3 Å². The van der Waals surface area contributed by atoms with Gasteiger partial charge in [-0.2, -0.15) is 0 Å². The number of aliphatic carboxylic acids is 1. The lowest BCUT2D eigenvalue weighted by atomic mass is 9.83. The monoisotopic (exact) mass is 738 g/mol. The zero-order valence-electron chi connectivity index (χ0n) is 28.7. The molecule has 290 valence electrons. The minimum absolute atomic E-state index is 0.0521. The average Bonchev–Trinajstić information content (AvgIpc) is 3.12. The molecule has 0 radical (unpaired) electrons. The van der Waals surface area contributed by atoms with Crippen LogP contribution in [0.2, 0.25) is 0 Å². The van der Waals surface area contributed by atoms with Crippen molar-refractivity contribution in [3.05, 3.63) is 59.7 Å². The Balaban J connectivity index is 1.74. The zero-order valence-corrected chi connectivity index (χ0v) is 28.7. The van der Waals surface area contributed by atoms with Crippen molar-refractivity contribution in [1.29, 1.82) is 0 Å². The number of hydrogen-bond donors (Lipinski definition) is 10. The van der Waals surface area contributed by atoms with Gasteiger partial charge >= 0.3 is 11.9 Å². The molecule has 11 N–H and O–H groups in total. The summed E-state index contributed by atoms with van der Waals surface area (Å²) in [6.07, 6.45) is 2.12. The Labute approximate surface area is 300 Å². The molecule has 0 amide bonds. The first-order valence-corrected chi connectivity index (χ1v) is 17.2. The molecule has 3 aliphatic heterocycles. The van der Waals surface area contributed by atoms with E-state index in [1.165, 1.54) is 12.3 Å². The second-order valence-electron chi connectivity index (χ2n) is 12.9. The van der Waals surface area contributed by atoms with Crippen LogP contribution in [0.15, 0.2) is 64.7 Å². The normalized spacial score (nSPS) is 30.0. The third-order valence-electron chi connectivity index (χ3n) is 9.24. The van der Waals surface area contributed by atoms with Gasteiger partial charge in [-0.15, -0.1) is 6.58 Å². The van der Waals surface area contributed by atoms with E-state index < -0.39 is 67.1 Å². The zero-order chi connectivity index (χ0) is 38.0. The van der Waals surface area contributed by atoms with E-state index in [-0.39, 0.29) is 61.8 Å². The number of rotatable bonds is 15. The van der Waals surface area contributed by atoms with Crippen LogP contribution in [0.3, 0.4) is 0 Å². The third kappa shape index (κ3) is 9.77. The van der Waals surface area contributed by atoms with E-state index in [1.54, 1.807) is 17.1 Å². The van der Waals surface area contributed by atoms with Crippen LogP contribution in [0.1, 0.15) is 38.5 Å². The molecular formula is C34H50N4O14. The SMILES string of the molecule is C=C[C@H]1[C@H](O[C@@H]2O[C@H](CO)[C@@H](O)C(O)(O)[C@H]2O)OC=C(C(=O)OC2CCCCC2)[C@H]1/C=C/C1=C(NC(N)=NCCCO)C(C(=O)O)=CN(CCO)C1. The number of carbonyl (C=O) groups is 2. The number of carboxylic acids is 1. The topological polar surface area (TPSA) is 287 Å². The lowest BCUT2D eigenvalue weighted by molar-refractivity contribution is -0.404. The summed E-state index contributed by atoms with van der Waals surface area (Å²) in [7, 11) is 0. The number of aliphatic hydroxyl groups is 7. The van der Waals surface area contributed by atoms with Gasteiger partial charge in [0.2, 0.25) is 12.1 Å². The van der Waals surface area contributed by atoms with Crippen LogP contribution in [-0.4, -0.2) is 146 Å². The molecule has 1 aliphatic carbocycles. The van der Waals surface area contributed by atoms with Crippen LogP contribution in [0.25, 0.3) is 0 Å². The molecule has 18 nitrogen and oxygen atoms in total. The van der Waals surface area contributed by atoms with Crippen molar-refractivity contribution in [2.75, 3.05) is 39.5 Å². The summed E-state index contributed by atoms with van der Waals surface area (Å²) in [6, 6.07) is 0. The molecule has 2 fully saturated rings. The second-order valence-corrected chi connectivity index (χ2v) is 12.9. The van der Waals surface area contributed by atoms with Crippen molar-refractivity contribution in [3.8, 4) is 0 Å². The summed E-state index contributed by atoms with van der Waals surface area (Å²) in [5.74, 6) is -7.12. The largest absolute Gasteiger partial charge is 0.478 e. The Hall–Kier alpha value is -3.85. The van der Waals surface area contributed by atoms with Crippen molar-refractivity contribution in [2.45, 2.75) is 81.3 Å². The van der Waals surface area contributed by atoms with Crippen molar-refractivity contribution < 1.29 is 69.4 Å². The van der Waals surface area contributed by atoms with Crippen LogP contribution >= 0.6 is 0 Å². The molecule has 52 heavy (non-hydrogen) atoms. The number of nitrogens with zero attached hydrogens (tertiary/aromatic N) is 2. The number of β-amino-alcohol motifs (C(OH)–C–C–N with tert-alkyl or cyclic N) is 1. The van der Waals surface area contributed by atoms with E-state index in [9.17, 15) is 45.3 Å². The Kier molecular flexibility index (Phi) is 14.8. The molecule has 3 heterocycles. The molecule has 7 atom stereocenters. The van der Waals surface area contributed by atoms with Gasteiger partial charge in [-0.1, -0.05) is 24.6 Å². The molecule has 0 bridgehead atoms. The lowest BCUT2D eigenvalue weighted by Crippen LogP contribution is -2.68. The summed E-state index contributed by atoms with van der Waals surface area (Å²) < 4.78 is 22.9. The fourth-order valence-corrected chi connectivity index (χ4v) is 6.38. The highest BCUT2D eigenvalue weighted by Crippen LogP contribution is 2.38. The van der Waals surface area contributed by atoms with Gasteiger partial charge in [0.05, 0.1) is 42.2 Å². The van der Waals surface area contributed by atoms with E-state index in [0.717, 1.165) is 25.5 Å². The highest BCUT2D eigenvalue weighted by Gasteiger charge is 2.56. The van der Waals surface area contributed by atoms with Gasteiger partial charge in [-0.3, -0.25) is 4.99 Å². The van der Waals surface area contributed by atoms with Crippen LogP contribution in [-0.2, 0) is 28.5 Å². The van der Waals surface area contributed by atoms with Gasteiger partial charge in [-0.25, -0.2) is 9.59 Å². The fraction of sp³-hybridized carbons (Fsp3) is 0.618. The smallest absolute Gasteiger partial charge is 0.339 e. The Morgan fingerprint density at radius 1 is 1.12 bits per heavy atom. The maximum absolute atomic E-state index is 13.7. The van der Waals surface area contributed by atoms with Gasteiger partial charge in [0.15, 0.2) is 18.4 Å². The van der Waals surface area contributed by atoms with Crippen LogP contribution < -0.4 is 11.1 Å². The molecule has 1 saturated carbocycles. The van der Waals surface area contributed by atoms with E-state index in [1.807, 2.05) is 0 Å². The van der Waals surface area contributed by atoms with Crippen molar-refractivity contribution in [1.82, 2.24) is 10.2 Å². The Morgan fingerprint density at radius 3 is 2.48 bits per heavy atom. The highest BCUT2D eigenvalue weighted by molar-refractivity contribution is 5.95. The van der Waals surface area contributed by atoms with E-state index in [0.29, 0.717) is 24.8 Å². The number of ether oxygens (including phenoxy) is 4. The first-order valence-electron chi connectivity index (χ1n) is 17.2. The minimum atomic E-state index is -3.13. The summed E-state index contributed by atoms with van der Waals surface area (Å²) in [5, 5.41) is 83.0. The molecule has 4 rings (SSSR count). The number of nitrogens with one attached hydrogen (secondary N) is 1. The molecule has 0 aromatic rings. The number of esters is 1. The van der Waals surface area contributed by atoms with Gasteiger partial charge in [0, 0.05) is 38.4 Å². The first-order chi connectivity index (χ1) is 24.9. The standard InChI is InChI=1S/C34H50N4O14/c1-2-21-22(10-9-19-15-38(12-14-40)16-23(29(44)45)26(19)37-33(35)36-11-6-13-39)24(30(46)50-20-7-4-3-5-8-20)18-49-31(21)52-32-28(43)34(47,48)27(42)25(17-41)51-32/h2,9-10,16,18,20-22,25,27-28,31-32,39-43,47-48H,1,3-8,11-15,17H2,(H,44,45)(H3,35,36,37)/b10-9+/t21-,22+,25-,27-,28+,31+,32+/m1/s1. The molecule has 0 spiro atoms. The van der Waals surface area contributed by atoms with Crippen LogP contribution in [0.4, 0.5) is 0 Å². The van der Waals surface area contributed by atoms with Gasteiger partial charge in [-0.05, 0) is 37.7 Å². The van der Waals surface area contributed by atoms with Crippen molar-refractivity contribution in [2.24, 2.45) is 22.6 Å². The van der Waals surface area contributed by atoms with Gasteiger partial charge < -0.3 is 75.8 Å². The predicted molar refractivity (Wildman–Crippen MR) is 181 cm³/mol. The Bertz CT molecular complexity index is 1420. The molecule has 1 saturated heterocycles. The van der Waals surface area contributed by atoms with E-state index in [2.05, 4.69) is 16.9 Å². The van der Waals surface area contributed by atoms with Gasteiger partial charge in [0.25, 0.3) is 0 Å². The number of aliphatic hydroxyl groups excluding tert-OH is 5. The van der Waals surface area contributed by atoms with Crippen molar-refractivity contribution >= 4 is 17.9 Å². The van der Waals surface area contributed by atoms with Crippen LogP contribution in [0, 0.1) is 11.8 Å². The number of nitrogens with two attached hydrogens (primary N) is 1. The Morgan fingerprint density at radius 2 is 1.85 bits per heavy atom. The summed E-state index contributed by atoms with van der Waals surface area (Å²) >= 11 is 0. The third-order valence-corrected chi connectivity index (χ3v) is 9.24. The molecule has 0 aromatic carbocycles. The molecule has 4 aliphatic rings. The lowest BCUT2D eigenvalue weighted by Gasteiger charge is -2.46. The quantitative estimate of drug-likeness (QED) is 0.0218. The second kappa shape index (κ2) is 18.8. The predicted octanol–water partition coefficient (Wildman–Crippen LogP) is -1.97. The number of guanidine groups is 1. The maximum Gasteiger partial charge on any atom is 0.339 e. The molecule has 0 aromatic heterocycles. The molecule has 0 unspecified atom stereocenters. The van der Waals surface area contributed by atoms with Crippen LogP contribution in [0.5, 0.6) is 0 Å². The van der Waals surface area contributed by atoms with Crippen molar-refractivity contribution in [3.63, 3.8) is 0 Å². The summed E-state index contributed by atoms with van der Waals surface area (Å²) in [5.41, 5.74) is 6.39. The fourth-order valence-electron chi connectivity index (χ4n) is 6.38. The average molecular weight is 739 g/mol. The molecular weight excluding hydrogens is 688 g/mol. The highest BCUT2D eigenvalue weighted by atomic mass is 16.8. The number of aliphatic imine (C=N–C) groups is 1. The number of carbonyl (C=O) groups excluding carboxylic acids is 1.